The molecule has 12 heavy (non-hydrogen) atoms. The third-order valence-electron chi connectivity index (χ3n) is 1.57. The minimum absolute atomic E-state index is 0.241. The molecule has 0 aliphatic carbocycles. The summed E-state index contributed by atoms with van der Waals surface area (Å²) in [6.45, 7) is 1.87. The first-order chi connectivity index (χ1) is 5.65. The van der Waals surface area contributed by atoms with Gasteiger partial charge in [0, 0.05) is 12.7 Å². The number of methoxy groups -OCH3 is 1. The van der Waals surface area contributed by atoms with E-state index in [-0.39, 0.29) is 12.2 Å². The van der Waals surface area contributed by atoms with Gasteiger partial charge in [-0.05, 0) is 6.92 Å². The van der Waals surface area contributed by atoms with Crippen LogP contribution >= 0.6 is 0 Å². The minimum Gasteiger partial charge on any atom is -0.378 e. The Hall–Kier alpha value is -1.36. The standard InChI is InChI=1S/C7H10N2O3/c1-4-5(3-12-2)8-7(11)9-6(4)10/h3H2,1-2H3,(H2,8,9,10,11). The van der Waals surface area contributed by atoms with Crippen molar-refractivity contribution in [2.45, 2.75) is 13.5 Å². The number of ether oxygens (including phenoxy) is 1. The van der Waals surface area contributed by atoms with Crippen molar-refractivity contribution in [1.29, 1.82) is 0 Å². The van der Waals surface area contributed by atoms with Crippen LogP contribution in [-0.4, -0.2) is 17.1 Å². The second-order valence-corrected chi connectivity index (χ2v) is 2.44. The Balaban J connectivity index is 3.28. The highest BCUT2D eigenvalue weighted by atomic mass is 16.5. The number of hydrogen-bond donors (Lipinski definition) is 2. The van der Waals surface area contributed by atoms with Crippen molar-refractivity contribution in [2.75, 3.05) is 7.11 Å². The van der Waals surface area contributed by atoms with Gasteiger partial charge in [0.15, 0.2) is 0 Å². The average molecular weight is 170 g/mol. The molecule has 0 bridgehead atoms. The van der Waals surface area contributed by atoms with E-state index in [1.807, 2.05) is 0 Å². The van der Waals surface area contributed by atoms with E-state index in [1.54, 1.807) is 6.92 Å². The Morgan fingerprint density at radius 1 is 1.33 bits per heavy atom. The first-order valence-electron chi connectivity index (χ1n) is 3.46. The van der Waals surface area contributed by atoms with Crippen molar-refractivity contribution in [2.24, 2.45) is 0 Å². The lowest BCUT2D eigenvalue weighted by Crippen LogP contribution is -2.26. The number of rotatable bonds is 2. The zero-order valence-corrected chi connectivity index (χ0v) is 6.93. The number of aromatic nitrogens is 2. The van der Waals surface area contributed by atoms with Crippen LogP contribution in [-0.2, 0) is 11.3 Å². The molecule has 0 radical (unpaired) electrons. The maximum absolute atomic E-state index is 11.0. The maximum atomic E-state index is 11.0. The summed E-state index contributed by atoms with van der Waals surface area (Å²) in [6, 6.07) is 0. The van der Waals surface area contributed by atoms with Gasteiger partial charge in [-0.15, -0.1) is 0 Å². The summed E-state index contributed by atoms with van der Waals surface area (Å²) in [4.78, 5) is 26.4. The van der Waals surface area contributed by atoms with Crippen molar-refractivity contribution in [3.05, 3.63) is 32.1 Å². The SMILES string of the molecule is COCc1[nH]c(=O)[nH]c(=O)c1C. The monoisotopic (exact) mass is 170 g/mol. The highest BCUT2D eigenvalue weighted by molar-refractivity contribution is 5.12. The molecular formula is C7H10N2O3. The summed E-state index contributed by atoms with van der Waals surface area (Å²) in [7, 11) is 1.50. The summed E-state index contributed by atoms with van der Waals surface area (Å²) in [5, 5.41) is 0. The molecule has 0 amide bonds. The molecule has 0 fully saturated rings. The largest absolute Gasteiger partial charge is 0.378 e. The quantitative estimate of drug-likeness (QED) is 0.629. The van der Waals surface area contributed by atoms with Crippen LogP contribution in [0.3, 0.4) is 0 Å². The molecule has 1 aromatic rings. The molecule has 0 saturated heterocycles. The van der Waals surface area contributed by atoms with E-state index in [0.29, 0.717) is 11.3 Å². The predicted octanol–water partition coefficient (Wildman–Crippen LogP) is -0.482. The van der Waals surface area contributed by atoms with Gasteiger partial charge < -0.3 is 9.72 Å². The molecule has 66 valence electrons. The lowest BCUT2D eigenvalue weighted by atomic mass is 10.2. The van der Waals surface area contributed by atoms with Gasteiger partial charge in [-0.1, -0.05) is 0 Å². The summed E-state index contributed by atoms with van der Waals surface area (Å²) in [6.07, 6.45) is 0. The van der Waals surface area contributed by atoms with E-state index in [4.69, 9.17) is 4.74 Å². The van der Waals surface area contributed by atoms with Crippen LogP contribution in [0.2, 0.25) is 0 Å². The molecule has 0 aliphatic heterocycles. The molecule has 2 N–H and O–H groups in total. The van der Waals surface area contributed by atoms with Crippen molar-refractivity contribution >= 4 is 0 Å². The molecule has 0 atom stereocenters. The average Bonchev–Trinajstić information content (AvgIpc) is 2.00. The molecule has 0 saturated carbocycles. The number of aromatic amines is 2. The first kappa shape index (κ1) is 8.73. The molecular weight excluding hydrogens is 160 g/mol. The molecule has 1 rings (SSSR count). The molecule has 0 aromatic carbocycles. The second-order valence-electron chi connectivity index (χ2n) is 2.44. The van der Waals surface area contributed by atoms with Crippen LogP contribution in [0, 0.1) is 6.92 Å². The van der Waals surface area contributed by atoms with Gasteiger partial charge in [0.2, 0.25) is 0 Å². The first-order valence-corrected chi connectivity index (χ1v) is 3.46. The van der Waals surface area contributed by atoms with E-state index in [0.717, 1.165) is 0 Å². The highest BCUT2D eigenvalue weighted by Crippen LogP contribution is 1.95. The zero-order valence-electron chi connectivity index (χ0n) is 6.93. The van der Waals surface area contributed by atoms with E-state index < -0.39 is 5.69 Å². The molecule has 1 heterocycles. The Labute approximate surface area is 68.4 Å². The van der Waals surface area contributed by atoms with E-state index >= 15 is 0 Å². The lowest BCUT2D eigenvalue weighted by molar-refractivity contribution is 0.180. The fraction of sp³-hybridized carbons (Fsp3) is 0.429. The Morgan fingerprint density at radius 3 is 2.58 bits per heavy atom. The Kier molecular flexibility index (Phi) is 2.44. The lowest BCUT2D eigenvalue weighted by Gasteiger charge is -2.01. The van der Waals surface area contributed by atoms with Crippen molar-refractivity contribution < 1.29 is 4.74 Å². The summed E-state index contributed by atoms with van der Waals surface area (Å²) in [5.74, 6) is 0. The predicted molar refractivity (Wildman–Crippen MR) is 43.1 cm³/mol. The van der Waals surface area contributed by atoms with Crippen molar-refractivity contribution in [3.8, 4) is 0 Å². The minimum atomic E-state index is -0.502. The van der Waals surface area contributed by atoms with Crippen LogP contribution in [0.4, 0.5) is 0 Å². The smallest absolute Gasteiger partial charge is 0.325 e. The molecule has 0 spiro atoms. The van der Waals surface area contributed by atoms with E-state index in [2.05, 4.69) is 9.97 Å². The van der Waals surface area contributed by atoms with Crippen molar-refractivity contribution in [1.82, 2.24) is 9.97 Å². The highest BCUT2D eigenvalue weighted by Gasteiger charge is 2.02. The molecule has 1 aromatic heterocycles. The molecule has 5 nitrogen and oxygen atoms in total. The fourth-order valence-electron chi connectivity index (χ4n) is 0.885. The van der Waals surface area contributed by atoms with Gasteiger partial charge in [-0.3, -0.25) is 9.78 Å². The van der Waals surface area contributed by atoms with Gasteiger partial charge >= 0.3 is 5.69 Å². The summed E-state index contributed by atoms with van der Waals surface area (Å²) < 4.78 is 4.80. The summed E-state index contributed by atoms with van der Waals surface area (Å²) >= 11 is 0. The maximum Gasteiger partial charge on any atom is 0.325 e. The summed E-state index contributed by atoms with van der Waals surface area (Å²) in [5.41, 5.74) is 0.131. The van der Waals surface area contributed by atoms with Gasteiger partial charge in [0.05, 0.1) is 12.3 Å². The third kappa shape index (κ3) is 1.62. The van der Waals surface area contributed by atoms with E-state index in [1.165, 1.54) is 7.11 Å². The number of hydrogen-bond acceptors (Lipinski definition) is 3. The van der Waals surface area contributed by atoms with Gasteiger partial charge in [-0.2, -0.15) is 0 Å². The molecule has 0 unspecified atom stereocenters. The topological polar surface area (TPSA) is 75.0 Å². The van der Waals surface area contributed by atoms with E-state index in [9.17, 15) is 9.59 Å². The normalized spacial score (nSPS) is 10.2. The fourth-order valence-corrected chi connectivity index (χ4v) is 0.885. The Morgan fingerprint density at radius 2 is 2.00 bits per heavy atom. The molecule has 0 aliphatic rings. The van der Waals surface area contributed by atoms with Crippen LogP contribution in [0.1, 0.15) is 11.3 Å². The number of nitrogens with one attached hydrogen (secondary N) is 2. The van der Waals surface area contributed by atoms with Crippen LogP contribution in [0.25, 0.3) is 0 Å². The Bertz CT molecular complexity index is 377. The van der Waals surface area contributed by atoms with Gasteiger partial charge in [0.1, 0.15) is 0 Å². The van der Waals surface area contributed by atoms with Crippen LogP contribution in [0.15, 0.2) is 9.59 Å². The van der Waals surface area contributed by atoms with Crippen LogP contribution in [0.5, 0.6) is 0 Å². The van der Waals surface area contributed by atoms with Crippen LogP contribution < -0.4 is 11.2 Å². The third-order valence-corrected chi connectivity index (χ3v) is 1.57. The zero-order chi connectivity index (χ0) is 9.14. The van der Waals surface area contributed by atoms with Gasteiger partial charge in [-0.25, -0.2) is 4.79 Å². The van der Waals surface area contributed by atoms with Gasteiger partial charge in [0.25, 0.3) is 5.56 Å². The second kappa shape index (κ2) is 3.36. The number of H-pyrrole nitrogens is 2. The van der Waals surface area contributed by atoms with Crippen molar-refractivity contribution in [3.63, 3.8) is 0 Å². The molecule has 5 heteroatoms.